The zero-order valence-corrected chi connectivity index (χ0v) is 9.95. The molecule has 1 rings (SSSR count). The number of hydrogen-bond donors (Lipinski definition) is 0. The van der Waals surface area contributed by atoms with Crippen LogP contribution in [0.15, 0.2) is 12.3 Å². The summed E-state index contributed by atoms with van der Waals surface area (Å²) in [7, 11) is 0. The van der Waals surface area contributed by atoms with Gasteiger partial charge >= 0.3 is 5.97 Å². The minimum atomic E-state index is -1.06. The average Bonchev–Trinajstić information content (AvgIpc) is 2.21. The van der Waals surface area contributed by atoms with Crippen LogP contribution >= 0.6 is 22.6 Å². The van der Waals surface area contributed by atoms with Crippen LogP contribution in [0.2, 0.25) is 0 Å². The number of ketones is 1. The first-order chi connectivity index (χ1) is 7.07. The number of nitrogens with zero attached hydrogens (tertiary/aromatic N) is 1. The summed E-state index contributed by atoms with van der Waals surface area (Å²) >= 11 is 1.64. The summed E-state index contributed by atoms with van der Waals surface area (Å²) in [5, 5.41) is 0. The maximum atomic E-state index is 13.4. The molecule has 4 nitrogen and oxygen atoms in total. The van der Waals surface area contributed by atoms with E-state index in [2.05, 4.69) is 9.72 Å². The number of halogens is 2. The molecule has 0 bridgehead atoms. The Morgan fingerprint density at radius 2 is 2.27 bits per heavy atom. The number of pyridine rings is 1. The third-order valence-electron chi connectivity index (χ3n) is 1.55. The molecule has 0 aliphatic carbocycles. The molecule has 0 amide bonds. The van der Waals surface area contributed by atoms with Gasteiger partial charge in [-0.3, -0.25) is 4.79 Å². The molecule has 6 heteroatoms. The second-order valence-electron chi connectivity index (χ2n) is 2.51. The highest BCUT2D eigenvalue weighted by Crippen LogP contribution is 2.13. The Hall–Kier alpha value is -1.05. The lowest BCUT2D eigenvalue weighted by molar-refractivity contribution is -0.137. The van der Waals surface area contributed by atoms with Gasteiger partial charge in [-0.1, -0.05) is 0 Å². The fraction of sp³-hybridized carbons (Fsp3) is 0.222. The highest BCUT2D eigenvalue weighted by molar-refractivity contribution is 14.1. The van der Waals surface area contributed by atoms with Gasteiger partial charge in [-0.15, -0.1) is 0 Å². The maximum absolute atomic E-state index is 13.4. The number of esters is 1. The quantitative estimate of drug-likeness (QED) is 0.279. The van der Waals surface area contributed by atoms with Crippen LogP contribution in [0.5, 0.6) is 0 Å². The molecule has 0 fully saturated rings. The van der Waals surface area contributed by atoms with Gasteiger partial charge in [0.2, 0.25) is 0 Å². The molecule has 0 aromatic carbocycles. The van der Waals surface area contributed by atoms with Crippen molar-refractivity contribution < 1.29 is 18.7 Å². The monoisotopic (exact) mass is 323 g/mol. The van der Waals surface area contributed by atoms with Crippen molar-refractivity contribution in [1.29, 1.82) is 0 Å². The Bertz CT molecular complexity index is 408. The first-order valence-electron chi connectivity index (χ1n) is 4.09. The van der Waals surface area contributed by atoms with Crippen molar-refractivity contribution in [3.05, 3.63) is 27.3 Å². The molecule has 0 saturated heterocycles. The molecule has 0 spiro atoms. The van der Waals surface area contributed by atoms with E-state index in [0.29, 0.717) is 0 Å². The van der Waals surface area contributed by atoms with Crippen molar-refractivity contribution in [2.45, 2.75) is 6.92 Å². The molecule has 0 unspecified atom stereocenters. The minimum absolute atomic E-state index is 0.0442. The van der Waals surface area contributed by atoms with Gasteiger partial charge in [0.15, 0.2) is 5.82 Å². The molecular formula is C9H7FINO3. The molecule has 80 valence electrons. The predicted molar refractivity (Wildman–Crippen MR) is 57.9 cm³/mol. The second-order valence-corrected chi connectivity index (χ2v) is 3.53. The average molecular weight is 323 g/mol. The van der Waals surface area contributed by atoms with E-state index in [4.69, 9.17) is 0 Å². The van der Waals surface area contributed by atoms with Crippen LogP contribution in [0.3, 0.4) is 0 Å². The number of carbonyl (C=O) groups excluding carboxylic acids is 2. The summed E-state index contributed by atoms with van der Waals surface area (Å²) in [5.41, 5.74) is -0.312. The van der Waals surface area contributed by atoms with Gasteiger partial charge in [-0.05, 0) is 35.6 Å². The summed E-state index contributed by atoms with van der Waals surface area (Å²) in [6.45, 7) is 1.65. The SMILES string of the molecule is CCOC(=O)C(=O)c1ccnc(I)c1F. The van der Waals surface area contributed by atoms with E-state index in [-0.39, 0.29) is 15.9 Å². The zero-order valence-electron chi connectivity index (χ0n) is 7.79. The van der Waals surface area contributed by atoms with E-state index in [1.165, 1.54) is 6.20 Å². The molecule has 15 heavy (non-hydrogen) atoms. The van der Waals surface area contributed by atoms with Crippen molar-refractivity contribution in [3.63, 3.8) is 0 Å². The fourth-order valence-electron chi connectivity index (χ4n) is 0.900. The Morgan fingerprint density at radius 3 is 2.87 bits per heavy atom. The van der Waals surface area contributed by atoms with E-state index >= 15 is 0 Å². The summed E-state index contributed by atoms with van der Waals surface area (Å²) in [4.78, 5) is 26.0. The van der Waals surface area contributed by atoms with Crippen LogP contribution in [0.25, 0.3) is 0 Å². The van der Waals surface area contributed by atoms with Gasteiger partial charge in [-0.25, -0.2) is 14.2 Å². The smallest absolute Gasteiger partial charge is 0.379 e. The summed E-state index contributed by atoms with van der Waals surface area (Å²) in [6, 6.07) is 1.15. The highest BCUT2D eigenvalue weighted by atomic mass is 127. The van der Waals surface area contributed by atoms with Crippen LogP contribution in [0.4, 0.5) is 4.39 Å². The van der Waals surface area contributed by atoms with Crippen molar-refractivity contribution in [1.82, 2.24) is 4.98 Å². The largest absolute Gasteiger partial charge is 0.460 e. The third-order valence-corrected chi connectivity index (χ3v) is 2.30. The number of rotatable bonds is 3. The van der Waals surface area contributed by atoms with Gasteiger partial charge in [0.1, 0.15) is 3.70 Å². The van der Waals surface area contributed by atoms with Crippen molar-refractivity contribution in [2.24, 2.45) is 0 Å². The van der Waals surface area contributed by atoms with Crippen LogP contribution in [-0.2, 0) is 9.53 Å². The van der Waals surface area contributed by atoms with Crippen LogP contribution in [0.1, 0.15) is 17.3 Å². The van der Waals surface area contributed by atoms with Crippen LogP contribution < -0.4 is 0 Å². The number of hydrogen-bond acceptors (Lipinski definition) is 4. The molecule has 1 heterocycles. The predicted octanol–water partition coefficient (Wildman–Crippen LogP) is 1.57. The number of ether oxygens (including phenoxy) is 1. The van der Waals surface area contributed by atoms with Crippen molar-refractivity contribution >= 4 is 34.3 Å². The van der Waals surface area contributed by atoms with Crippen LogP contribution in [-0.4, -0.2) is 23.3 Å². The first-order valence-corrected chi connectivity index (χ1v) is 5.17. The third kappa shape index (κ3) is 2.71. The van der Waals surface area contributed by atoms with E-state index in [1.807, 2.05) is 0 Å². The number of carbonyl (C=O) groups is 2. The molecule has 0 atom stereocenters. The lowest BCUT2D eigenvalue weighted by Crippen LogP contribution is -2.19. The van der Waals surface area contributed by atoms with Crippen LogP contribution in [0, 0.1) is 9.52 Å². The Labute approximate surface area is 99.0 Å². The summed E-state index contributed by atoms with van der Waals surface area (Å²) in [5.74, 6) is -2.84. The standard InChI is InChI=1S/C9H7FINO3/c1-2-15-9(14)7(13)5-3-4-12-8(11)6(5)10/h3-4H,2H2,1H3. The molecular weight excluding hydrogens is 316 g/mol. The van der Waals surface area contributed by atoms with E-state index in [9.17, 15) is 14.0 Å². The molecule has 1 aromatic rings. The lowest BCUT2D eigenvalue weighted by Gasteiger charge is -2.02. The Morgan fingerprint density at radius 1 is 1.60 bits per heavy atom. The fourth-order valence-corrected chi connectivity index (χ4v) is 1.35. The Kier molecular flexibility index (Phi) is 4.13. The number of Topliss-reactive ketones (excluding diaryl/α,β-unsaturated/α-hetero) is 1. The van der Waals surface area contributed by atoms with E-state index < -0.39 is 17.6 Å². The minimum Gasteiger partial charge on any atom is -0.460 e. The topological polar surface area (TPSA) is 56.3 Å². The van der Waals surface area contributed by atoms with Crippen molar-refractivity contribution in [3.8, 4) is 0 Å². The van der Waals surface area contributed by atoms with Gasteiger partial charge < -0.3 is 4.74 Å². The van der Waals surface area contributed by atoms with Crippen molar-refractivity contribution in [2.75, 3.05) is 6.61 Å². The van der Waals surface area contributed by atoms with Gasteiger partial charge in [0.25, 0.3) is 5.78 Å². The molecule has 0 radical (unpaired) electrons. The van der Waals surface area contributed by atoms with Gasteiger partial charge in [-0.2, -0.15) is 0 Å². The molecule has 0 N–H and O–H groups in total. The Balaban J connectivity index is 3.01. The summed E-state index contributed by atoms with van der Waals surface area (Å²) in [6.07, 6.45) is 1.26. The molecule has 1 aromatic heterocycles. The normalized spacial score (nSPS) is 9.80. The molecule has 0 aliphatic heterocycles. The molecule has 0 saturated carbocycles. The highest BCUT2D eigenvalue weighted by Gasteiger charge is 2.22. The summed E-state index contributed by atoms with van der Waals surface area (Å²) < 4.78 is 17.9. The van der Waals surface area contributed by atoms with E-state index in [0.717, 1.165) is 6.07 Å². The molecule has 0 aliphatic rings. The van der Waals surface area contributed by atoms with Gasteiger partial charge in [0, 0.05) is 6.20 Å². The number of aromatic nitrogens is 1. The lowest BCUT2D eigenvalue weighted by atomic mass is 10.2. The van der Waals surface area contributed by atoms with Gasteiger partial charge in [0.05, 0.1) is 12.2 Å². The second kappa shape index (κ2) is 5.15. The first kappa shape index (κ1) is 12.0. The van der Waals surface area contributed by atoms with E-state index in [1.54, 1.807) is 29.5 Å². The maximum Gasteiger partial charge on any atom is 0.379 e. The zero-order chi connectivity index (χ0) is 11.4.